The van der Waals surface area contributed by atoms with E-state index in [4.69, 9.17) is 11.6 Å². The van der Waals surface area contributed by atoms with Gasteiger partial charge in [0.15, 0.2) is 0 Å². The number of benzene rings is 3. The highest BCUT2D eigenvalue weighted by Crippen LogP contribution is 2.33. The lowest BCUT2D eigenvalue weighted by molar-refractivity contribution is -0.137. The van der Waals surface area contributed by atoms with Gasteiger partial charge in [0, 0.05) is 10.9 Å². The van der Waals surface area contributed by atoms with Crippen molar-refractivity contribution >= 4 is 27.5 Å². The average Bonchev–Trinajstić information content (AvgIpc) is 3.10. The van der Waals surface area contributed by atoms with E-state index in [0.29, 0.717) is 19.3 Å². The Kier molecular flexibility index (Phi) is 6.95. The molecule has 0 unspecified atom stereocenters. The molecular weight excluding hydrogens is 538 g/mol. The minimum absolute atomic E-state index is 0.000394. The Hall–Kier alpha value is -2.91. The molecule has 1 heterocycles. The monoisotopic (exact) mass is 553 g/mol. The minimum Gasteiger partial charge on any atom is -0.245 e. The van der Waals surface area contributed by atoms with Crippen molar-refractivity contribution < 1.29 is 17.6 Å². The zero-order valence-electron chi connectivity index (χ0n) is 17.5. The second kappa shape index (κ2) is 9.76. The highest BCUT2D eigenvalue weighted by atomic mass is 79.9. The van der Waals surface area contributed by atoms with Crippen molar-refractivity contribution in [3.63, 3.8) is 0 Å². The topological polar surface area (TPSA) is 39.8 Å². The number of para-hydroxylation sites is 1. The van der Waals surface area contributed by atoms with Crippen LogP contribution in [0.3, 0.4) is 0 Å². The van der Waals surface area contributed by atoms with Crippen LogP contribution >= 0.6 is 27.5 Å². The van der Waals surface area contributed by atoms with Gasteiger partial charge in [-0.1, -0.05) is 51.8 Å². The summed E-state index contributed by atoms with van der Waals surface area (Å²) >= 11 is 9.48. The number of hydrogen-bond acceptors (Lipinski definition) is 2. The van der Waals surface area contributed by atoms with Gasteiger partial charge in [0.1, 0.15) is 11.6 Å². The molecule has 0 saturated carbocycles. The van der Waals surface area contributed by atoms with Crippen molar-refractivity contribution in [2.75, 3.05) is 0 Å². The van der Waals surface area contributed by atoms with Crippen LogP contribution in [-0.2, 0) is 19.0 Å². The largest absolute Gasteiger partial charge is 0.416 e. The molecule has 0 fully saturated rings. The molecule has 0 aliphatic carbocycles. The summed E-state index contributed by atoms with van der Waals surface area (Å²) in [6, 6.07) is 16.2. The first-order chi connectivity index (χ1) is 16.1. The molecule has 0 aliphatic rings. The molecule has 176 valence electrons. The van der Waals surface area contributed by atoms with Crippen LogP contribution in [-0.4, -0.2) is 14.3 Å². The molecule has 3 aromatic carbocycles. The third-order valence-electron chi connectivity index (χ3n) is 5.22. The van der Waals surface area contributed by atoms with E-state index in [2.05, 4.69) is 21.0 Å². The number of aryl methyl sites for hydroxylation is 2. The summed E-state index contributed by atoms with van der Waals surface area (Å²) in [5, 5.41) is 4.03. The van der Waals surface area contributed by atoms with Crippen molar-refractivity contribution in [2.45, 2.75) is 25.4 Å². The van der Waals surface area contributed by atoms with E-state index in [9.17, 15) is 22.4 Å². The maximum atomic E-state index is 14.6. The van der Waals surface area contributed by atoms with E-state index in [0.717, 1.165) is 37.5 Å². The molecule has 4 aromatic rings. The lowest BCUT2D eigenvalue weighted by Gasteiger charge is -2.09. The van der Waals surface area contributed by atoms with E-state index in [1.807, 2.05) is 24.3 Å². The predicted molar refractivity (Wildman–Crippen MR) is 125 cm³/mol. The Morgan fingerprint density at radius 1 is 0.941 bits per heavy atom. The Bertz CT molecular complexity index is 1380. The normalized spacial score (nSPS) is 11.7. The summed E-state index contributed by atoms with van der Waals surface area (Å²) in [5.74, 6) is -0.361. The third kappa shape index (κ3) is 5.10. The molecule has 4 rings (SSSR count). The summed E-state index contributed by atoms with van der Waals surface area (Å²) in [7, 11) is 0. The maximum Gasteiger partial charge on any atom is 0.416 e. The summed E-state index contributed by atoms with van der Waals surface area (Å²) < 4.78 is 56.7. The van der Waals surface area contributed by atoms with Crippen LogP contribution in [0.4, 0.5) is 17.6 Å². The van der Waals surface area contributed by atoms with Crippen molar-refractivity contribution in [2.24, 2.45) is 0 Å². The lowest BCUT2D eigenvalue weighted by atomic mass is 10.1. The van der Waals surface area contributed by atoms with E-state index >= 15 is 0 Å². The quantitative estimate of drug-likeness (QED) is 0.247. The molecule has 0 N–H and O–H groups in total. The standard InChI is InChI=1S/C24H17BrClF4N3O/c25-17-11-8-15(9-12-17)4-3-7-22-31-33(20-13-10-16(14-18(20)26)24(28,29)30)23(34)32(22)21-6-2-1-5-19(21)27/h1-2,5-6,8-14H,3-4,7H2. The molecule has 4 nitrogen and oxygen atoms in total. The fraction of sp³-hybridized carbons (Fsp3) is 0.167. The zero-order chi connectivity index (χ0) is 24.5. The predicted octanol–water partition coefficient (Wildman–Crippen LogP) is 6.77. The summed E-state index contributed by atoms with van der Waals surface area (Å²) in [6.45, 7) is 0. The molecule has 0 amide bonds. The van der Waals surface area contributed by atoms with Gasteiger partial charge in [0.05, 0.1) is 22.0 Å². The molecule has 0 bridgehead atoms. The third-order valence-corrected chi connectivity index (χ3v) is 6.05. The van der Waals surface area contributed by atoms with Gasteiger partial charge in [-0.2, -0.15) is 17.9 Å². The van der Waals surface area contributed by atoms with Gasteiger partial charge in [-0.15, -0.1) is 5.10 Å². The molecule has 10 heteroatoms. The van der Waals surface area contributed by atoms with Gasteiger partial charge in [-0.05, 0) is 60.9 Å². The van der Waals surface area contributed by atoms with Gasteiger partial charge in [-0.3, -0.25) is 0 Å². The summed E-state index contributed by atoms with van der Waals surface area (Å²) in [4.78, 5) is 13.3. The molecule has 0 atom stereocenters. The van der Waals surface area contributed by atoms with Crippen LogP contribution in [0.5, 0.6) is 0 Å². The number of hydrogen-bond donors (Lipinski definition) is 0. The first kappa shape index (κ1) is 24.2. The van der Waals surface area contributed by atoms with E-state index in [1.165, 1.54) is 18.2 Å². The Morgan fingerprint density at radius 2 is 1.65 bits per heavy atom. The van der Waals surface area contributed by atoms with Crippen LogP contribution < -0.4 is 5.69 Å². The van der Waals surface area contributed by atoms with Crippen LogP contribution in [0, 0.1) is 5.82 Å². The minimum atomic E-state index is -4.59. The molecule has 0 saturated heterocycles. The molecule has 0 spiro atoms. The van der Waals surface area contributed by atoms with Gasteiger partial charge in [0.25, 0.3) is 0 Å². The van der Waals surface area contributed by atoms with Crippen LogP contribution in [0.15, 0.2) is 76.0 Å². The van der Waals surface area contributed by atoms with Crippen molar-refractivity contribution in [3.05, 3.63) is 109 Å². The Balaban J connectivity index is 1.73. The molecule has 0 aliphatic heterocycles. The van der Waals surface area contributed by atoms with Crippen molar-refractivity contribution in [1.82, 2.24) is 14.3 Å². The van der Waals surface area contributed by atoms with Gasteiger partial charge >= 0.3 is 11.9 Å². The molecular formula is C24H17BrClF4N3O. The SMILES string of the molecule is O=c1n(-c2ccc(C(F)(F)F)cc2Cl)nc(CCCc2ccc(Br)cc2)n1-c1ccccc1F. The summed E-state index contributed by atoms with van der Waals surface area (Å²) in [6.07, 6.45) is -2.97. The van der Waals surface area contributed by atoms with Gasteiger partial charge in [0.2, 0.25) is 0 Å². The fourth-order valence-electron chi connectivity index (χ4n) is 3.56. The smallest absolute Gasteiger partial charge is 0.245 e. The molecule has 1 aromatic heterocycles. The van der Waals surface area contributed by atoms with Crippen molar-refractivity contribution in [1.29, 1.82) is 0 Å². The number of halogens is 6. The van der Waals surface area contributed by atoms with Gasteiger partial charge < -0.3 is 0 Å². The number of aromatic nitrogens is 3. The van der Waals surface area contributed by atoms with Gasteiger partial charge in [-0.25, -0.2) is 13.8 Å². The van der Waals surface area contributed by atoms with E-state index < -0.39 is 23.2 Å². The molecule has 0 radical (unpaired) electrons. The number of rotatable bonds is 6. The second-order valence-corrected chi connectivity index (χ2v) is 8.86. The Labute approximate surface area is 205 Å². The average molecular weight is 555 g/mol. The zero-order valence-corrected chi connectivity index (χ0v) is 19.8. The lowest BCUT2D eigenvalue weighted by Crippen LogP contribution is -2.24. The summed E-state index contributed by atoms with van der Waals surface area (Å²) in [5.41, 5.74) is -0.625. The fourth-order valence-corrected chi connectivity index (χ4v) is 4.08. The number of nitrogens with zero attached hydrogens (tertiary/aromatic N) is 3. The first-order valence-corrected chi connectivity index (χ1v) is 11.4. The highest BCUT2D eigenvalue weighted by Gasteiger charge is 2.31. The maximum absolute atomic E-state index is 14.6. The van der Waals surface area contributed by atoms with Crippen LogP contribution in [0.2, 0.25) is 5.02 Å². The Morgan fingerprint density at radius 3 is 2.29 bits per heavy atom. The second-order valence-electron chi connectivity index (χ2n) is 7.54. The first-order valence-electron chi connectivity index (χ1n) is 10.2. The van der Waals surface area contributed by atoms with E-state index in [-0.39, 0.29) is 22.2 Å². The van der Waals surface area contributed by atoms with E-state index in [1.54, 1.807) is 6.07 Å². The number of alkyl halides is 3. The van der Waals surface area contributed by atoms with Crippen molar-refractivity contribution in [3.8, 4) is 11.4 Å². The molecule has 34 heavy (non-hydrogen) atoms. The van der Waals surface area contributed by atoms with Crippen LogP contribution in [0.25, 0.3) is 11.4 Å². The highest BCUT2D eigenvalue weighted by molar-refractivity contribution is 9.10. The van der Waals surface area contributed by atoms with Crippen LogP contribution in [0.1, 0.15) is 23.4 Å².